The molecule has 1 saturated heterocycles. The molecule has 1 amide bonds. The van der Waals surface area contributed by atoms with E-state index in [1.807, 2.05) is 20.8 Å². The quantitative estimate of drug-likeness (QED) is 0.847. The molecule has 1 aromatic rings. The maximum absolute atomic E-state index is 13.0. The highest BCUT2D eigenvalue weighted by molar-refractivity contribution is 5.88. The van der Waals surface area contributed by atoms with Crippen molar-refractivity contribution in [2.24, 2.45) is 11.8 Å². The molecule has 0 bridgehead atoms. The summed E-state index contributed by atoms with van der Waals surface area (Å²) >= 11 is 0. The van der Waals surface area contributed by atoms with Crippen molar-refractivity contribution >= 4 is 11.9 Å². The molecule has 1 saturated carbocycles. The zero-order valence-corrected chi connectivity index (χ0v) is 16.6. The third-order valence-corrected chi connectivity index (χ3v) is 5.78. The summed E-state index contributed by atoms with van der Waals surface area (Å²) < 4.78 is 0. The number of nitrogens with zero attached hydrogens (tertiary/aromatic N) is 2. The fourth-order valence-electron chi connectivity index (χ4n) is 4.55. The molecule has 3 atom stereocenters. The summed E-state index contributed by atoms with van der Waals surface area (Å²) in [6.45, 7) is 7.20. The molecular formula is C21H31N3O3. The minimum atomic E-state index is -0.971. The fraction of sp³-hybridized carbons (Fsp3) is 0.667. The van der Waals surface area contributed by atoms with Crippen molar-refractivity contribution in [3.05, 3.63) is 29.6 Å². The van der Waals surface area contributed by atoms with Gasteiger partial charge in [-0.15, -0.1) is 0 Å². The SMILES string of the molecule is CC(C)(C)NC(=O)[C@@H]1C[C@@H]2CCCC[C@@H]2CN1Cc1ncccc1C(=O)O. The lowest BCUT2D eigenvalue weighted by Gasteiger charge is -2.46. The number of hydrogen-bond acceptors (Lipinski definition) is 4. The number of carbonyl (C=O) groups excluding carboxylic acids is 1. The number of hydrogen-bond donors (Lipinski definition) is 2. The molecule has 0 spiro atoms. The Kier molecular flexibility index (Phi) is 5.84. The van der Waals surface area contributed by atoms with Gasteiger partial charge in [0.15, 0.2) is 0 Å². The highest BCUT2D eigenvalue weighted by Crippen LogP contribution is 2.39. The fourth-order valence-corrected chi connectivity index (χ4v) is 4.55. The van der Waals surface area contributed by atoms with Gasteiger partial charge >= 0.3 is 5.97 Å². The number of aromatic nitrogens is 1. The first-order valence-corrected chi connectivity index (χ1v) is 9.98. The van der Waals surface area contributed by atoms with Crippen LogP contribution >= 0.6 is 0 Å². The van der Waals surface area contributed by atoms with Crippen molar-refractivity contribution in [2.45, 2.75) is 71.0 Å². The normalized spacial score (nSPS) is 26.3. The summed E-state index contributed by atoms with van der Waals surface area (Å²) in [5.74, 6) is 0.253. The molecule has 1 aliphatic heterocycles. The Bertz CT molecular complexity index is 698. The van der Waals surface area contributed by atoms with Crippen LogP contribution in [-0.4, -0.2) is 45.0 Å². The molecule has 0 radical (unpaired) electrons. The van der Waals surface area contributed by atoms with Gasteiger partial charge in [0.05, 0.1) is 17.3 Å². The van der Waals surface area contributed by atoms with Gasteiger partial charge in [-0.1, -0.05) is 19.3 Å². The number of amides is 1. The standard InChI is InChI=1S/C21H31N3O3/c1-21(2,3)23-19(25)18-11-14-7-4-5-8-15(14)12-24(18)13-17-16(20(26)27)9-6-10-22-17/h6,9-10,14-15,18H,4-5,7-8,11-13H2,1-3H3,(H,23,25)(H,26,27)/t14-,15+,18-/m0/s1. The molecule has 1 aromatic heterocycles. The van der Waals surface area contributed by atoms with Gasteiger partial charge in [0, 0.05) is 24.8 Å². The zero-order valence-electron chi connectivity index (χ0n) is 16.6. The zero-order chi connectivity index (χ0) is 19.6. The second-order valence-corrected chi connectivity index (χ2v) is 9.03. The van der Waals surface area contributed by atoms with Crippen molar-refractivity contribution in [2.75, 3.05) is 6.54 Å². The maximum atomic E-state index is 13.0. The van der Waals surface area contributed by atoms with Crippen LogP contribution in [0.1, 0.15) is 68.9 Å². The van der Waals surface area contributed by atoms with Crippen LogP contribution in [0.3, 0.4) is 0 Å². The summed E-state index contributed by atoms with van der Waals surface area (Å²) in [5, 5.41) is 12.6. The highest BCUT2D eigenvalue weighted by atomic mass is 16.4. The van der Waals surface area contributed by atoms with Crippen LogP contribution in [0, 0.1) is 11.8 Å². The predicted molar refractivity (Wildman–Crippen MR) is 103 cm³/mol. The monoisotopic (exact) mass is 373 g/mol. The van der Waals surface area contributed by atoms with Gasteiger partial charge in [-0.2, -0.15) is 0 Å². The van der Waals surface area contributed by atoms with Crippen molar-refractivity contribution < 1.29 is 14.7 Å². The Morgan fingerprint density at radius 1 is 1.26 bits per heavy atom. The largest absolute Gasteiger partial charge is 0.478 e. The summed E-state index contributed by atoms with van der Waals surface area (Å²) in [4.78, 5) is 31.0. The Morgan fingerprint density at radius 2 is 1.96 bits per heavy atom. The lowest BCUT2D eigenvalue weighted by atomic mass is 9.72. The van der Waals surface area contributed by atoms with Gasteiger partial charge in [-0.25, -0.2) is 4.79 Å². The third kappa shape index (κ3) is 4.86. The topological polar surface area (TPSA) is 82.5 Å². The van der Waals surface area contributed by atoms with Crippen LogP contribution in [0.25, 0.3) is 0 Å². The van der Waals surface area contributed by atoms with Crippen LogP contribution in [0.2, 0.25) is 0 Å². The van der Waals surface area contributed by atoms with E-state index >= 15 is 0 Å². The number of rotatable bonds is 4. The molecule has 6 heteroatoms. The molecule has 3 rings (SSSR count). The Balaban J connectivity index is 1.84. The van der Waals surface area contributed by atoms with Crippen LogP contribution < -0.4 is 5.32 Å². The smallest absolute Gasteiger partial charge is 0.337 e. The first kappa shape index (κ1) is 19.8. The molecule has 2 heterocycles. The Labute approximate surface area is 161 Å². The molecule has 148 valence electrons. The van der Waals surface area contributed by atoms with Crippen molar-refractivity contribution in [1.82, 2.24) is 15.2 Å². The molecule has 6 nitrogen and oxygen atoms in total. The first-order valence-electron chi connectivity index (χ1n) is 9.98. The molecular weight excluding hydrogens is 342 g/mol. The van der Waals surface area contributed by atoms with E-state index in [9.17, 15) is 14.7 Å². The number of carboxylic acids is 1. The molecule has 2 N–H and O–H groups in total. The van der Waals surface area contributed by atoms with E-state index < -0.39 is 5.97 Å². The molecule has 0 aromatic carbocycles. The van der Waals surface area contributed by atoms with Crippen LogP contribution in [0.4, 0.5) is 0 Å². The van der Waals surface area contributed by atoms with E-state index in [-0.39, 0.29) is 23.1 Å². The number of fused-ring (bicyclic) bond motifs is 1. The average Bonchev–Trinajstić information content (AvgIpc) is 2.60. The van der Waals surface area contributed by atoms with E-state index in [4.69, 9.17) is 0 Å². The Morgan fingerprint density at radius 3 is 2.63 bits per heavy atom. The maximum Gasteiger partial charge on any atom is 0.337 e. The van der Waals surface area contributed by atoms with Crippen LogP contribution in [0.15, 0.2) is 18.3 Å². The minimum absolute atomic E-state index is 0.0410. The van der Waals surface area contributed by atoms with Gasteiger partial charge in [-0.05, 0) is 57.6 Å². The molecule has 2 fully saturated rings. The van der Waals surface area contributed by atoms with Gasteiger partial charge < -0.3 is 10.4 Å². The van der Waals surface area contributed by atoms with Crippen molar-refractivity contribution in [3.8, 4) is 0 Å². The van der Waals surface area contributed by atoms with Gasteiger partial charge in [0.25, 0.3) is 0 Å². The van der Waals surface area contributed by atoms with E-state index in [1.54, 1.807) is 18.3 Å². The number of piperidine rings is 1. The summed E-state index contributed by atoms with van der Waals surface area (Å²) in [6.07, 6.45) is 7.36. The third-order valence-electron chi connectivity index (χ3n) is 5.78. The summed E-state index contributed by atoms with van der Waals surface area (Å²) in [5.41, 5.74) is 0.467. The first-order chi connectivity index (χ1) is 12.7. The van der Waals surface area contributed by atoms with Crippen LogP contribution in [0.5, 0.6) is 0 Å². The van der Waals surface area contributed by atoms with Crippen molar-refractivity contribution in [1.29, 1.82) is 0 Å². The highest BCUT2D eigenvalue weighted by Gasteiger charge is 2.40. The second-order valence-electron chi connectivity index (χ2n) is 9.03. The van der Waals surface area contributed by atoms with Gasteiger partial charge in [0.2, 0.25) is 5.91 Å². The predicted octanol–water partition coefficient (Wildman–Crippen LogP) is 3.08. The minimum Gasteiger partial charge on any atom is -0.478 e. The van der Waals surface area contributed by atoms with E-state index in [1.165, 1.54) is 25.7 Å². The van der Waals surface area contributed by atoms with Gasteiger partial charge in [0.1, 0.15) is 0 Å². The number of likely N-dealkylation sites (tertiary alicyclic amines) is 1. The van der Waals surface area contributed by atoms with E-state index in [0.717, 1.165) is 13.0 Å². The Hall–Kier alpha value is -1.95. The molecule has 27 heavy (non-hydrogen) atoms. The molecule has 1 aliphatic carbocycles. The van der Waals surface area contributed by atoms with Crippen molar-refractivity contribution in [3.63, 3.8) is 0 Å². The number of aromatic carboxylic acids is 1. The molecule has 2 aliphatic rings. The summed E-state index contributed by atoms with van der Waals surface area (Å²) in [6, 6.07) is 3.00. The lowest BCUT2D eigenvalue weighted by Crippen LogP contribution is -2.57. The second kappa shape index (κ2) is 7.97. The lowest BCUT2D eigenvalue weighted by molar-refractivity contribution is -0.132. The van der Waals surface area contributed by atoms with Crippen LogP contribution in [-0.2, 0) is 11.3 Å². The summed E-state index contributed by atoms with van der Waals surface area (Å²) in [7, 11) is 0. The number of carbonyl (C=O) groups is 2. The number of carboxylic acid groups (broad SMARTS) is 1. The molecule has 0 unspecified atom stereocenters. The average molecular weight is 373 g/mol. The van der Waals surface area contributed by atoms with E-state index in [2.05, 4.69) is 15.2 Å². The number of pyridine rings is 1. The van der Waals surface area contributed by atoms with E-state index in [0.29, 0.717) is 24.1 Å². The number of nitrogens with one attached hydrogen (secondary N) is 1. The van der Waals surface area contributed by atoms with Gasteiger partial charge in [-0.3, -0.25) is 14.7 Å².